The molecule has 1 saturated carbocycles. The standard InChI is InChI=1S/C19H38N2.C2H6/c1-15(2)18-10-12-21(13-11-18)14-17-6-8-19(9-7-17)20(5)16(3)4;1-2/h15-19H,6-14H2,1-5H3;1-2H3. The molecule has 0 atom stereocenters. The van der Waals surface area contributed by atoms with Gasteiger partial charge in [0, 0.05) is 18.6 Å². The fourth-order valence-corrected chi connectivity index (χ4v) is 4.32. The largest absolute Gasteiger partial charge is 0.303 e. The third-order valence-corrected chi connectivity index (χ3v) is 6.30. The van der Waals surface area contributed by atoms with Crippen molar-refractivity contribution < 1.29 is 0 Å². The van der Waals surface area contributed by atoms with Crippen molar-refractivity contribution in [1.29, 1.82) is 0 Å². The Labute approximate surface area is 147 Å². The van der Waals surface area contributed by atoms with Crippen LogP contribution in [0, 0.1) is 17.8 Å². The van der Waals surface area contributed by atoms with Crippen LogP contribution in [0.15, 0.2) is 0 Å². The molecule has 23 heavy (non-hydrogen) atoms. The fourth-order valence-electron chi connectivity index (χ4n) is 4.32. The molecule has 2 nitrogen and oxygen atoms in total. The molecule has 1 saturated heterocycles. The van der Waals surface area contributed by atoms with Crippen LogP contribution in [-0.2, 0) is 0 Å². The Hall–Kier alpha value is -0.0800. The van der Waals surface area contributed by atoms with Gasteiger partial charge in [-0.2, -0.15) is 0 Å². The first kappa shape index (κ1) is 21.0. The van der Waals surface area contributed by atoms with E-state index in [4.69, 9.17) is 0 Å². The molecule has 0 bridgehead atoms. The van der Waals surface area contributed by atoms with Crippen LogP contribution in [0.4, 0.5) is 0 Å². The Morgan fingerprint density at radius 1 is 0.870 bits per heavy atom. The first-order valence-electron chi connectivity index (χ1n) is 10.4. The van der Waals surface area contributed by atoms with E-state index in [2.05, 4.69) is 44.5 Å². The zero-order valence-corrected chi connectivity index (χ0v) is 17.1. The predicted molar refractivity (Wildman–Crippen MR) is 104 cm³/mol. The minimum atomic E-state index is 0.696. The SMILES string of the molecule is CC.CC(C)C1CCN(CC2CCC(N(C)C(C)C)CC2)CC1. The van der Waals surface area contributed by atoms with Crippen LogP contribution >= 0.6 is 0 Å². The quantitative estimate of drug-likeness (QED) is 0.679. The average molecular weight is 325 g/mol. The Balaban J connectivity index is 0.00000127. The summed E-state index contributed by atoms with van der Waals surface area (Å²) in [5.41, 5.74) is 0. The second kappa shape index (κ2) is 10.7. The third kappa shape index (κ3) is 6.74. The van der Waals surface area contributed by atoms with Gasteiger partial charge in [-0.1, -0.05) is 27.7 Å². The van der Waals surface area contributed by atoms with Crippen LogP contribution in [0.5, 0.6) is 0 Å². The van der Waals surface area contributed by atoms with Gasteiger partial charge in [-0.25, -0.2) is 0 Å². The molecule has 0 aromatic carbocycles. The van der Waals surface area contributed by atoms with Gasteiger partial charge in [0.25, 0.3) is 0 Å². The molecule has 0 radical (unpaired) electrons. The van der Waals surface area contributed by atoms with E-state index >= 15 is 0 Å². The van der Waals surface area contributed by atoms with Gasteiger partial charge in [0.1, 0.15) is 0 Å². The molecule has 1 aliphatic carbocycles. The molecule has 138 valence electrons. The Morgan fingerprint density at radius 2 is 1.39 bits per heavy atom. The molecule has 2 rings (SSSR count). The Morgan fingerprint density at radius 3 is 1.83 bits per heavy atom. The van der Waals surface area contributed by atoms with Crippen LogP contribution in [0.3, 0.4) is 0 Å². The first-order chi connectivity index (χ1) is 11.0. The lowest BCUT2D eigenvalue weighted by Crippen LogP contribution is -2.42. The summed E-state index contributed by atoms with van der Waals surface area (Å²) in [6.07, 6.45) is 8.60. The van der Waals surface area contributed by atoms with Crippen molar-refractivity contribution in [3.63, 3.8) is 0 Å². The molecule has 1 heterocycles. The molecule has 0 aromatic rings. The lowest BCUT2D eigenvalue weighted by atomic mass is 9.83. The molecular formula is C21H44N2. The van der Waals surface area contributed by atoms with Gasteiger partial charge in [0.05, 0.1) is 0 Å². The molecule has 0 spiro atoms. The van der Waals surface area contributed by atoms with Gasteiger partial charge in [-0.05, 0) is 90.3 Å². The maximum atomic E-state index is 2.76. The molecule has 2 aliphatic rings. The molecule has 0 aromatic heterocycles. The van der Waals surface area contributed by atoms with Crippen molar-refractivity contribution in [1.82, 2.24) is 9.80 Å². The number of likely N-dealkylation sites (tertiary alicyclic amines) is 1. The van der Waals surface area contributed by atoms with Crippen molar-refractivity contribution in [3.8, 4) is 0 Å². The van der Waals surface area contributed by atoms with Gasteiger partial charge in [-0.3, -0.25) is 0 Å². The number of hydrogen-bond acceptors (Lipinski definition) is 2. The number of piperidine rings is 1. The van der Waals surface area contributed by atoms with Gasteiger partial charge in [0.2, 0.25) is 0 Å². The van der Waals surface area contributed by atoms with Gasteiger partial charge >= 0.3 is 0 Å². The van der Waals surface area contributed by atoms with E-state index in [1.807, 2.05) is 13.8 Å². The monoisotopic (exact) mass is 324 g/mol. The number of rotatable bonds is 5. The van der Waals surface area contributed by atoms with E-state index in [0.29, 0.717) is 6.04 Å². The molecule has 2 fully saturated rings. The van der Waals surface area contributed by atoms with E-state index in [0.717, 1.165) is 23.8 Å². The highest BCUT2D eigenvalue weighted by molar-refractivity contribution is 4.82. The molecule has 0 amide bonds. The van der Waals surface area contributed by atoms with Crippen molar-refractivity contribution in [2.24, 2.45) is 17.8 Å². The summed E-state index contributed by atoms with van der Waals surface area (Å²) in [7, 11) is 2.31. The smallest absolute Gasteiger partial charge is 0.00951 e. The minimum absolute atomic E-state index is 0.696. The number of hydrogen-bond donors (Lipinski definition) is 0. The van der Waals surface area contributed by atoms with E-state index in [-0.39, 0.29) is 0 Å². The van der Waals surface area contributed by atoms with Crippen molar-refractivity contribution in [2.75, 3.05) is 26.7 Å². The fraction of sp³-hybridized carbons (Fsp3) is 1.00. The first-order valence-corrected chi connectivity index (χ1v) is 10.4. The van der Waals surface area contributed by atoms with E-state index in [1.165, 1.54) is 58.2 Å². The Kier molecular flexibility index (Phi) is 9.77. The van der Waals surface area contributed by atoms with Gasteiger partial charge < -0.3 is 9.80 Å². The maximum absolute atomic E-state index is 2.76. The summed E-state index contributed by atoms with van der Waals surface area (Å²) in [6, 6.07) is 1.54. The summed E-state index contributed by atoms with van der Waals surface area (Å²) in [6.45, 7) is 17.5. The minimum Gasteiger partial charge on any atom is -0.303 e. The second-order valence-corrected chi connectivity index (χ2v) is 8.32. The summed E-state index contributed by atoms with van der Waals surface area (Å²) < 4.78 is 0. The predicted octanol–water partition coefficient (Wildman–Crippen LogP) is 5.28. The van der Waals surface area contributed by atoms with E-state index < -0.39 is 0 Å². The summed E-state index contributed by atoms with van der Waals surface area (Å²) in [5, 5.41) is 0. The maximum Gasteiger partial charge on any atom is 0.00951 e. The zero-order valence-electron chi connectivity index (χ0n) is 17.1. The van der Waals surface area contributed by atoms with Crippen LogP contribution in [0.1, 0.15) is 80.1 Å². The third-order valence-electron chi connectivity index (χ3n) is 6.30. The topological polar surface area (TPSA) is 6.48 Å². The van der Waals surface area contributed by atoms with Crippen molar-refractivity contribution >= 4 is 0 Å². The summed E-state index contributed by atoms with van der Waals surface area (Å²) in [4.78, 5) is 5.35. The van der Waals surface area contributed by atoms with Gasteiger partial charge in [0.15, 0.2) is 0 Å². The van der Waals surface area contributed by atoms with E-state index in [9.17, 15) is 0 Å². The van der Waals surface area contributed by atoms with Crippen LogP contribution in [0.2, 0.25) is 0 Å². The normalized spacial score (nSPS) is 27.4. The summed E-state index contributed by atoms with van der Waals surface area (Å²) >= 11 is 0. The van der Waals surface area contributed by atoms with Crippen molar-refractivity contribution in [3.05, 3.63) is 0 Å². The average Bonchev–Trinajstić information content (AvgIpc) is 2.57. The van der Waals surface area contributed by atoms with Crippen molar-refractivity contribution in [2.45, 2.75) is 92.2 Å². The van der Waals surface area contributed by atoms with E-state index in [1.54, 1.807) is 0 Å². The Bertz CT molecular complexity index is 284. The number of nitrogens with zero attached hydrogens (tertiary/aromatic N) is 2. The molecule has 1 aliphatic heterocycles. The molecule has 2 heteroatoms. The van der Waals surface area contributed by atoms with Crippen LogP contribution < -0.4 is 0 Å². The lowest BCUT2D eigenvalue weighted by Gasteiger charge is -2.40. The van der Waals surface area contributed by atoms with Crippen LogP contribution in [-0.4, -0.2) is 48.6 Å². The highest BCUT2D eigenvalue weighted by atomic mass is 15.2. The zero-order chi connectivity index (χ0) is 17.4. The highest BCUT2D eigenvalue weighted by Gasteiger charge is 2.28. The van der Waals surface area contributed by atoms with Crippen LogP contribution in [0.25, 0.3) is 0 Å². The lowest BCUT2D eigenvalue weighted by molar-refractivity contribution is 0.0977. The second-order valence-electron chi connectivity index (χ2n) is 8.32. The molecule has 0 N–H and O–H groups in total. The van der Waals surface area contributed by atoms with Gasteiger partial charge in [-0.15, -0.1) is 0 Å². The molecule has 0 unspecified atom stereocenters. The molecular weight excluding hydrogens is 280 g/mol. The highest BCUT2D eigenvalue weighted by Crippen LogP contribution is 2.30. The summed E-state index contributed by atoms with van der Waals surface area (Å²) in [5.74, 6) is 2.84.